The van der Waals surface area contributed by atoms with Crippen molar-refractivity contribution in [2.24, 2.45) is 0 Å². The first kappa shape index (κ1) is 18.9. The predicted octanol–water partition coefficient (Wildman–Crippen LogP) is 3.05. The van der Waals surface area contributed by atoms with Gasteiger partial charge in [-0.05, 0) is 30.2 Å². The van der Waals surface area contributed by atoms with Crippen LogP contribution < -0.4 is 15.8 Å². The monoisotopic (exact) mass is 363 g/mol. The molecule has 2 aromatic rings. The van der Waals surface area contributed by atoms with E-state index in [1.54, 1.807) is 12.1 Å². The minimum absolute atomic E-state index is 0.137. The van der Waals surface area contributed by atoms with Gasteiger partial charge in [0.2, 0.25) is 0 Å². The number of nitrogens with one attached hydrogen (secondary N) is 1. The molecule has 1 aliphatic rings. The van der Waals surface area contributed by atoms with Crippen molar-refractivity contribution in [3.8, 4) is 0 Å². The number of benzene rings is 2. The average Bonchev–Trinajstić information content (AvgIpc) is 3.10. The second kappa shape index (κ2) is 8.64. The molecule has 5 nitrogen and oxygen atoms in total. The number of likely N-dealkylation sites (tertiary alicyclic amines) is 1. The Labute approximate surface area is 159 Å². The number of rotatable bonds is 6. The number of anilines is 1. The molecule has 27 heavy (non-hydrogen) atoms. The van der Waals surface area contributed by atoms with Crippen LogP contribution in [0.4, 0.5) is 11.4 Å². The van der Waals surface area contributed by atoms with E-state index in [0.717, 1.165) is 37.3 Å². The summed E-state index contributed by atoms with van der Waals surface area (Å²) in [6.07, 6.45) is 7.04. The van der Waals surface area contributed by atoms with Crippen LogP contribution in [0.5, 0.6) is 0 Å². The Bertz CT molecular complexity index is 935. The van der Waals surface area contributed by atoms with Gasteiger partial charge in [-0.1, -0.05) is 49.1 Å². The molecule has 3 rings (SSSR count). The van der Waals surface area contributed by atoms with E-state index in [-0.39, 0.29) is 10.6 Å². The second-order valence-electron chi connectivity index (χ2n) is 6.79. The largest absolute Gasteiger partial charge is 0.380 e. The molecular formula is C22H25N3O2. The van der Waals surface area contributed by atoms with Crippen molar-refractivity contribution in [1.82, 2.24) is 4.90 Å². The van der Waals surface area contributed by atoms with Crippen LogP contribution in [0.3, 0.4) is 0 Å². The summed E-state index contributed by atoms with van der Waals surface area (Å²) in [6, 6.07) is 13.5. The third-order valence-corrected chi connectivity index (χ3v) is 4.92. The zero-order valence-corrected chi connectivity index (χ0v) is 15.6. The highest BCUT2D eigenvalue weighted by atomic mass is 16.6. The number of nitro benzene ring substituents is 1. The Morgan fingerprint density at radius 2 is 2.07 bits per heavy atom. The molecule has 2 aromatic carbocycles. The fourth-order valence-corrected chi connectivity index (χ4v) is 3.56. The number of nitrogens with zero attached hydrogens (tertiary/aromatic N) is 2. The lowest BCUT2D eigenvalue weighted by Gasteiger charge is -2.18. The molecule has 1 heterocycles. The summed E-state index contributed by atoms with van der Waals surface area (Å²) in [6.45, 7) is 8.64. The van der Waals surface area contributed by atoms with Gasteiger partial charge < -0.3 is 5.32 Å². The normalized spacial score (nSPS) is 18.6. The molecule has 1 aliphatic heterocycles. The van der Waals surface area contributed by atoms with Gasteiger partial charge in [0.05, 0.1) is 4.92 Å². The van der Waals surface area contributed by atoms with Crippen LogP contribution in [-0.2, 0) is 6.54 Å². The van der Waals surface area contributed by atoms with Gasteiger partial charge in [0.25, 0.3) is 5.69 Å². The van der Waals surface area contributed by atoms with E-state index in [9.17, 15) is 10.1 Å². The summed E-state index contributed by atoms with van der Waals surface area (Å²) >= 11 is 0. The first-order valence-electron chi connectivity index (χ1n) is 9.21. The van der Waals surface area contributed by atoms with Gasteiger partial charge in [-0.15, -0.1) is 0 Å². The average molecular weight is 363 g/mol. The third kappa shape index (κ3) is 4.63. The molecule has 0 amide bonds. The van der Waals surface area contributed by atoms with Crippen LogP contribution in [0, 0.1) is 10.1 Å². The minimum Gasteiger partial charge on any atom is -0.380 e. The summed E-state index contributed by atoms with van der Waals surface area (Å²) in [5, 5.41) is 16.8. The molecule has 140 valence electrons. The Balaban J connectivity index is 1.66. The third-order valence-electron chi connectivity index (χ3n) is 4.92. The lowest BCUT2D eigenvalue weighted by atomic mass is 10.1. The topological polar surface area (TPSA) is 58.4 Å². The van der Waals surface area contributed by atoms with Gasteiger partial charge in [-0.3, -0.25) is 15.0 Å². The zero-order valence-electron chi connectivity index (χ0n) is 15.6. The molecule has 0 aliphatic carbocycles. The smallest absolute Gasteiger partial charge is 0.269 e. The highest BCUT2D eigenvalue weighted by Crippen LogP contribution is 2.18. The van der Waals surface area contributed by atoms with Crippen molar-refractivity contribution in [2.75, 3.05) is 18.4 Å². The number of non-ortho nitro benzene ring substituents is 1. The maximum absolute atomic E-state index is 10.8. The molecule has 1 saturated heterocycles. The highest BCUT2D eigenvalue weighted by molar-refractivity contribution is 5.54. The van der Waals surface area contributed by atoms with E-state index in [1.807, 2.05) is 31.2 Å². The summed E-state index contributed by atoms with van der Waals surface area (Å²) in [4.78, 5) is 12.8. The molecule has 0 aromatic heterocycles. The molecule has 0 bridgehead atoms. The molecule has 1 N–H and O–H groups in total. The van der Waals surface area contributed by atoms with Crippen molar-refractivity contribution in [3.05, 3.63) is 81.2 Å². The summed E-state index contributed by atoms with van der Waals surface area (Å²) in [7, 11) is 0. The fraction of sp³-hybridized carbons (Fsp3) is 0.273. The lowest BCUT2D eigenvalue weighted by Crippen LogP contribution is -2.32. The van der Waals surface area contributed by atoms with E-state index in [0.29, 0.717) is 6.04 Å². The van der Waals surface area contributed by atoms with E-state index in [4.69, 9.17) is 0 Å². The summed E-state index contributed by atoms with van der Waals surface area (Å²) < 4.78 is 0. The van der Waals surface area contributed by atoms with E-state index in [2.05, 4.69) is 41.1 Å². The number of hydrogen-bond acceptors (Lipinski definition) is 4. The van der Waals surface area contributed by atoms with Gasteiger partial charge in [0, 0.05) is 48.7 Å². The first-order chi connectivity index (χ1) is 13.1. The van der Waals surface area contributed by atoms with E-state index < -0.39 is 0 Å². The van der Waals surface area contributed by atoms with Crippen molar-refractivity contribution in [3.63, 3.8) is 0 Å². The molecule has 1 atom stereocenters. The Hall–Kier alpha value is -2.92. The fourth-order valence-electron chi connectivity index (χ4n) is 3.56. The molecule has 5 heteroatoms. The summed E-state index contributed by atoms with van der Waals surface area (Å²) in [5.74, 6) is 0. The molecule has 0 spiro atoms. The molecule has 1 fully saturated rings. The second-order valence-corrected chi connectivity index (χ2v) is 6.79. The Morgan fingerprint density at radius 3 is 2.74 bits per heavy atom. The van der Waals surface area contributed by atoms with Crippen LogP contribution in [0.25, 0.3) is 12.2 Å². The van der Waals surface area contributed by atoms with Gasteiger partial charge in [-0.2, -0.15) is 0 Å². The van der Waals surface area contributed by atoms with Crippen molar-refractivity contribution >= 4 is 23.5 Å². The number of hydrogen-bond donors (Lipinski definition) is 1. The van der Waals surface area contributed by atoms with Crippen LogP contribution in [0.15, 0.2) is 55.1 Å². The van der Waals surface area contributed by atoms with Crippen molar-refractivity contribution < 1.29 is 4.92 Å². The molecular weight excluding hydrogens is 338 g/mol. The predicted molar refractivity (Wildman–Crippen MR) is 111 cm³/mol. The first-order valence-corrected chi connectivity index (χ1v) is 9.21. The van der Waals surface area contributed by atoms with Gasteiger partial charge in [0.1, 0.15) is 0 Å². The van der Waals surface area contributed by atoms with Crippen molar-refractivity contribution in [2.45, 2.75) is 25.9 Å². The lowest BCUT2D eigenvalue weighted by molar-refractivity contribution is -0.384. The van der Waals surface area contributed by atoms with Crippen LogP contribution in [0.1, 0.15) is 18.9 Å². The standard InChI is InChI=1S/C22H25N3O2/c1-3-6-21-18(4-2)7-5-8-22(21)23-19-13-14-24(16-19)15-17-9-11-20(12-10-17)25(26)27/h3-12,19,23H,1,13-16H2,2H3/b18-4-,21-6+. The Kier molecular flexibility index (Phi) is 6.04. The zero-order chi connectivity index (χ0) is 19.2. The quantitative estimate of drug-likeness (QED) is 0.633. The maximum atomic E-state index is 10.8. The van der Waals surface area contributed by atoms with Crippen molar-refractivity contribution in [1.29, 1.82) is 0 Å². The van der Waals surface area contributed by atoms with Crippen LogP contribution >= 0.6 is 0 Å². The number of nitro groups is 1. The molecule has 1 unspecified atom stereocenters. The highest BCUT2D eigenvalue weighted by Gasteiger charge is 2.22. The molecule has 0 saturated carbocycles. The van der Waals surface area contributed by atoms with Gasteiger partial charge in [0.15, 0.2) is 0 Å². The van der Waals surface area contributed by atoms with Crippen LogP contribution in [0.2, 0.25) is 0 Å². The maximum Gasteiger partial charge on any atom is 0.269 e. The minimum atomic E-state index is -0.362. The van der Waals surface area contributed by atoms with E-state index in [1.165, 1.54) is 10.4 Å². The summed E-state index contributed by atoms with van der Waals surface area (Å²) in [5.41, 5.74) is 2.37. The van der Waals surface area contributed by atoms with Crippen LogP contribution in [-0.4, -0.2) is 29.0 Å². The van der Waals surface area contributed by atoms with E-state index >= 15 is 0 Å². The Morgan fingerprint density at radius 1 is 1.30 bits per heavy atom. The van der Waals surface area contributed by atoms with Gasteiger partial charge in [-0.25, -0.2) is 0 Å². The number of allylic oxidation sites excluding steroid dienone is 1. The van der Waals surface area contributed by atoms with Gasteiger partial charge >= 0.3 is 0 Å². The molecule has 0 radical (unpaired) electrons. The SMILES string of the molecule is C=C/C=c1/c(NC2CCN(Cc3ccc([N+](=O)[O-])cc3)C2)ccc/c1=C/C.